The van der Waals surface area contributed by atoms with E-state index in [0.717, 1.165) is 11.3 Å². The summed E-state index contributed by atoms with van der Waals surface area (Å²) in [6, 6.07) is 11.1. The number of carbonyl (C=O) groups is 1. The molecule has 24 heavy (non-hydrogen) atoms. The van der Waals surface area contributed by atoms with E-state index in [0.29, 0.717) is 21.3 Å². The highest BCUT2D eigenvalue weighted by atomic mass is 35.5. The number of benzene rings is 1. The largest absolute Gasteiger partial charge is 0.347 e. The summed E-state index contributed by atoms with van der Waals surface area (Å²) in [4.78, 5) is 19.6. The van der Waals surface area contributed by atoms with Crippen LogP contribution >= 0.6 is 23.4 Å². The molecule has 0 radical (unpaired) electrons. The molecule has 1 amide bonds. The molecule has 3 rings (SSSR count). The van der Waals surface area contributed by atoms with Crippen LogP contribution in [0.1, 0.15) is 11.3 Å². The summed E-state index contributed by atoms with van der Waals surface area (Å²) in [5.74, 6) is -0.239. The van der Waals surface area contributed by atoms with E-state index in [1.165, 1.54) is 11.8 Å². The summed E-state index contributed by atoms with van der Waals surface area (Å²) in [7, 11) is 1.85. The molecule has 1 aromatic carbocycles. The molecule has 7 heteroatoms. The molecule has 2 aromatic rings. The molecule has 2 heterocycles. The number of nitrogens with one attached hydrogen (secondary N) is 1. The number of nitrogens with zero attached hydrogens (tertiary/aromatic N) is 2. The highest BCUT2D eigenvalue weighted by Crippen LogP contribution is 2.40. The summed E-state index contributed by atoms with van der Waals surface area (Å²) >= 11 is 7.51. The van der Waals surface area contributed by atoms with E-state index in [4.69, 9.17) is 17.3 Å². The third-order valence-corrected chi connectivity index (χ3v) is 5.25. The van der Waals surface area contributed by atoms with Crippen LogP contribution in [0.25, 0.3) is 5.70 Å². The Labute approximate surface area is 149 Å². The Morgan fingerprint density at radius 1 is 1.33 bits per heavy atom. The van der Waals surface area contributed by atoms with Crippen molar-refractivity contribution in [2.45, 2.75) is 12.4 Å². The maximum Gasteiger partial charge on any atom is 0.264 e. The van der Waals surface area contributed by atoms with Gasteiger partial charge in [0.15, 0.2) is 0 Å². The third-order valence-electron chi connectivity index (χ3n) is 3.76. The predicted molar refractivity (Wildman–Crippen MR) is 99.3 cm³/mol. The lowest BCUT2D eigenvalue weighted by molar-refractivity contribution is -0.112. The minimum Gasteiger partial charge on any atom is -0.347 e. The zero-order chi connectivity index (χ0) is 17.3. The van der Waals surface area contributed by atoms with Gasteiger partial charge in [-0.05, 0) is 30.7 Å². The van der Waals surface area contributed by atoms with Crippen molar-refractivity contribution in [3.05, 3.63) is 63.8 Å². The number of aromatic nitrogens is 1. The summed E-state index contributed by atoms with van der Waals surface area (Å²) in [5.41, 5.74) is 8.70. The zero-order valence-electron chi connectivity index (χ0n) is 13.3. The third kappa shape index (κ3) is 3.13. The number of pyridine rings is 1. The van der Waals surface area contributed by atoms with Gasteiger partial charge in [0.2, 0.25) is 0 Å². The van der Waals surface area contributed by atoms with Crippen molar-refractivity contribution in [2.24, 2.45) is 5.73 Å². The number of hydrogen-bond donors (Lipinski definition) is 2. The Morgan fingerprint density at radius 3 is 2.79 bits per heavy atom. The number of thioether (sulfide) groups is 1. The standard InChI is InChI=1S/C17H17ClN4OS/c1-10-6-5-7-11(18)13(10)21-16(23)15-14(22(2)17(19)24-15)12-8-3-4-9-20-12/h3-9,17H,19H2,1-2H3,(H,21,23). The summed E-state index contributed by atoms with van der Waals surface area (Å²) in [5, 5.41) is 3.41. The van der Waals surface area contributed by atoms with Crippen molar-refractivity contribution in [3.63, 3.8) is 0 Å². The first-order valence-corrected chi connectivity index (χ1v) is 8.62. The Kier molecular flexibility index (Phi) is 4.80. The van der Waals surface area contributed by atoms with Crippen LogP contribution in [0.15, 0.2) is 47.5 Å². The average Bonchev–Trinajstić information content (AvgIpc) is 2.87. The van der Waals surface area contributed by atoms with Crippen molar-refractivity contribution in [1.82, 2.24) is 9.88 Å². The van der Waals surface area contributed by atoms with Gasteiger partial charge >= 0.3 is 0 Å². The summed E-state index contributed by atoms with van der Waals surface area (Å²) in [6.07, 6.45) is 1.69. The van der Waals surface area contributed by atoms with E-state index in [-0.39, 0.29) is 11.4 Å². The highest BCUT2D eigenvalue weighted by Gasteiger charge is 2.33. The lowest BCUT2D eigenvalue weighted by Gasteiger charge is -2.19. The van der Waals surface area contributed by atoms with Gasteiger partial charge in [-0.2, -0.15) is 0 Å². The SMILES string of the molecule is Cc1cccc(Cl)c1NC(=O)C1=C(c2ccccn2)N(C)C(N)S1. The topological polar surface area (TPSA) is 71.2 Å². The lowest BCUT2D eigenvalue weighted by Crippen LogP contribution is -2.31. The van der Waals surface area contributed by atoms with Crippen LogP contribution < -0.4 is 11.1 Å². The molecular formula is C17H17ClN4OS. The van der Waals surface area contributed by atoms with Gasteiger partial charge in [0.1, 0.15) is 10.4 Å². The van der Waals surface area contributed by atoms with Crippen LogP contribution in [0.2, 0.25) is 5.02 Å². The number of nitrogens with two attached hydrogens (primary N) is 1. The van der Waals surface area contributed by atoms with Gasteiger partial charge in [-0.3, -0.25) is 9.78 Å². The lowest BCUT2D eigenvalue weighted by atomic mass is 10.2. The van der Waals surface area contributed by atoms with Gasteiger partial charge in [-0.25, -0.2) is 0 Å². The molecule has 124 valence electrons. The Bertz CT molecular complexity index is 789. The quantitative estimate of drug-likeness (QED) is 0.879. The van der Waals surface area contributed by atoms with Crippen LogP contribution in [0.4, 0.5) is 5.69 Å². The maximum atomic E-state index is 12.8. The van der Waals surface area contributed by atoms with E-state index in [9.17, 15) is 4.79 Å². The summed E-state index contributed by atoms with van der Waals surface area (Å²) < 4.78 is 0. The van der Waals surface area contributed by atoms with Gasteiger partial charge in [0.25, 0.3) is 5.91 Å². The number of rotatable bonds is 3. The molecule has 0 saturated heterocycles. The van der Waals surface area contributed by atoms with Gasteiger partial charge in [-0.15, -0.1) is 0 Å². The Hall–Kier alpha value is -2.02. The maximum absolute atomic E-state index is 12.8. The molecule has 1 unspecified atom stereocenters. The smallest absolute Gasteiger partial charge is 0.264 e. The van der Waals surface area contributed by atoms with Crippen molar-refractivity contribution >= 4 is 40.7 Å². The molecule has 0 bridgehead atoms. The van der Waals surface area contributed by atoms with Crippen LogP contribution in [0.3, 0.4) is 0 Å². The zero-order valence-corrected chi connectivity index (χ0v) is 14.9. The number of halogens is 1. The number of para-hydroxylation sites is 1. The minimum absolute atomic E-state index is 0.239. The first-order chi connectivity index (χ1) is 11.5. The average molecular weight is 361 g/mol. The normalized spacial score (nSPS) is 17.3. The van der Waals surface area contributed by atoms with E-state index in [1.807, 2.05) is 49.2 Å². The molecule has 0 saturated carbocycles. The molecule has 0 spiro atoms. The Balaban J connectivity index is 1.99. The Morgan fingerprint density at radius 2 is 2.12 bits per heavy atom. The second-order valence-electron chi connectivity index (χ2n) is 5.40. The van der Waals surface area contributed by atoms with E-state index in [1.54, 1.807) is 12.3 Å². The number of anilines is 1. The van der Waals surface area contributed by atoms with E-state index >= 15 is 0 Å². The molecule has 0 fully saturated rings. The van der Waals surface area contributed by atoms with E-state index in [2.05, 4.69) is 10.3 Å². The molecule has 1 atom stereocenters. The molecular weight excluding hydrogens is 344 g/mol. The van der Waals surface area contributed by atoms with Crippen molar-refractivity contribution < 1.29 is 4.79 Å². The molecule has 1 aliphatic rings. The molecule has 3 N–H and O–H groups in total. The van der Waals surface area contributed by atoms with Gasteiger partial charge < -0.3 is 16.0 Å². The number of hydrogen-bond acceptors (Lipinski definition) is 5. The van der Waals surface area contributed by atoms with E-state index < -0.39 is 0 Å². The highest BCUT2D eigenvalue weighted by molar-refractivity contribution is 8.05. The van der Waals surface area contributed by atoms with Gasteiger partial charge in [-0.1, -0.05) is 41.6 Å². The van der Waals surface area contributed by atoms with Gasteiger partial charge in [0, 0.05) is 13.2 Å². The van der Waals surface area contributed by atoms with Crippen molar-refractivity contribution in [1.29, 1.82) is 0 Å². The fraction of sp³-hybridized carbons (Fsp3) is 0.176. The first-order valence-electron chi connectivity index (χ1n) is 7.36. The number of carbonyl (C=O) groups excluding carboxylic acids is 1. The fourth-order valence-electron chi connectivity index (χ4n) is 2.46. The second-order valence-corrected chi connectivity index (χ2v) is 6.93. The molecule has 1 aromatic heterocycles. The van der Waals surface area contributed by atoms with Crippen LogP contribution in [0, 0.1) is 6.92 Å². The first kappa shape index (κ1) is 16.8. The fourth-order valence-corrected chi connectivity index (χ4v) is 3.76. The summed E-state index contributed by atoms with van der Waals surface area (Å²) in [6.45, 7) is 1.90. The minimum atomic E-state index is -0.338. The van der Waals surface area contributed by atoms with Crippen molar-refractivity contribution in [2.75, 3.05) is 12.4 Å². The number of amides is 1. The van der Waals surface area contributed by atoms with Crippen molar-refractivity contribution in [3.8, 4) is 0 Å². The second kappa shape index (κ2) is 6.84. The molecule has 0 aliphatic carbocycles. The van der Waals surface area contributed by atoms with Crippen LogP contribution in [0.5, 0.6) is 0 Å². The predicted octanol–water partition coefficient (Wildman–Crippen LogP) is 3.27. The van der Waals surface area contributed by atoms with Gasteiger partial charge in [0.05, 0.1) is 22.1 Å². The van der Waals surface area contributed by atoms with Crippen LogP contribution in [-0.2, 0) is 4.79 Å². The van der Waals surface area contributed by atoms with Crippen LogP contribution in [-0.4, -0.2) is 28.3 Å². The monoisotopic (exact) mass is 360 g/mol. The number of aryl methyl sites for hydroxylation is 1. The molecule has 5 nitrogen and oxygen atoms in total. The molecule has 1 aliphatic heterocycles.